The van der Waals surface area contributed by atoms with Crippen LogP contribution in [0.3, 0.4) is 0 Å². The Morgan fingerprint density at radius 3 is 2.48 bits per heavy atom. The highest BCUT2D eigenvalue weighted by molar-refractivity contribution is 6.31. The largest absolute Gasteiger partial charge is 0.509 e. The van der Waals surface area contributed by atoms with Gasteiger partial charge in [-0.25, -0.2) is 0 Å². The second-order valence-corrected chi connectivity index (χ2v) is 5.48. The van der Waals surface area contributed by atoms with E-state index in [0.29, 0.717) is 16.4 Å². The number of aliphatic hydroxyl groups is 1. The smallest absolute Gasteiger partial charge is 0.132 e. The molecule has 0 fully saturated rings. The van der Waals surface area contributed by atoms with Gasteiger partial charge in [-0.2, -0.15) is 0 Å². The lowest BCUT2D eigenvalue weighted by atomic mass is 10.0. The Bertz CT molecular complexity index is 725. The lowest BCUT2D eigenvalue weighted by Gasteiger charge is -2.22. The zero-order valence-corrected chi connectivity index (χ0v) is 12.3. The molecule has 1 heterocycles. The SMILES string of the molecule is CN1C(=N)C(c2cccc(Cl)c2)=C(O)C1c1ccccc1. The third kappa shape index (κ3) is 2.30. The molecule has 0 aromatic heterocycles. The summed E-state index contributed by atoms with van der Waals surface area (Å²) in [6.45, 7) is 0. The van der Waals surface area contributed by atoms with E-state index < -0.39 is 0 Å². The molecule has 4 heteroatoms. The van der Waals surface area contributed by atoms with E-state index in [1.165, 1.54) is 0 Å². The lowest BCUT2D eigenvalue weighted by molar-refractivity contribution is 0.303. The lowest BCUT2D eigenvalue weighted by Crippen LogP contribution is -2.25. The first-order valence-corrected chi connectivity index (χ1v) is 7.03. The van der Waals surface area contributed by atoms with Crippen LogP contribution in [0.5, 0.6) is 0 Å². The fraction of sp³-hybridized carbons (Fsp3) is 0.118. The van der Waals surface area contributed by atoms with E-state index in [4.69, 9.17) is 17.0 Å². The monoisotopic (exact) mass is 298 g/mol. The molecule has 0 saturated heterocycles. The molecule has 0 radical (unpaired) electrons. The molecule has 0 spiro atoms. The van der Waals surface area contributed by atoms with Crippen molar-refractivity contribution in [2.45, 2.75) is 6.04 Å². The van der Waals surface area contributed by atoms with Gasteiger partial charge in [-0.1, -0.05) is 54.1 Å². The van der Waals surface area contributed by atoms with Crippen molar-refractivity contribution in [2.24, 2.45) is 0 Å². The summed E-state index contributed by atoms with van der Waals surface area (Å²) in [4.78, 5) is 1.76. The molecule has 3 nitrogen and oxygen atoms in total. The number of nitrogens with one attached hydrogen (secondary N) is 1. The molecular weight excluding hydrogens is 284 g/mol. The molecule has 2 aromatic rings. The molecule has 1 atom stereocenters. The minimum absolute atomic E-state index is 0.191. The van der Waals surface area contributed by atoms with Gasteiger partial charge in [0.1, 0.15) is 17.6 Å². The molecule has 0 saturated carbocycles. The van der Waals surface area contributed by atoms with Crippen molar-refractivity contribution >= 4 is 23.0 Å². The first-order valence-electron chi connectivity index (χ1n) is 6.65. The zero-order chi connectivity index (χ0) is 15.0. The van der Waals surface area contributed by atoms with E-state index in [9.17, 15) is 5.11 Å². The number of aliphatic hydroxyl groups excluding tert-OH is 1. The highest BCUT2D eigenvalue weighted by Crippen LogP contribution is 2.39. The van der Waals surface area contributed by atoms with Crippen molar-refractivity contribution in [2.75, 3.05) is 7.05 Å². The number of rotatable bonds is 2. The Morgan fingerprint density at radius 1 is 1.10 bits per heavy atom. The van der Waals surface area contributed by atoms with Crippen LogP contribution in [-0.2, 0) is 0 Å². The Balaban J connectivity index is 2.12. The Kier molecular flexibility index (Phi) is 3.43. The molecule has 1 aliphatic rings. The van der Waals surface area contributed by atoms with Crippen LogP contribution in [0.1, 0.15) is 17.2 Å². The zero-order valence-electron chi connectivity index (χ0n) is 11.5. The number of halogens is 1. The molecule has 0 amide bonds. The number of benzene rings is 2. The van der Waals surface area contributed by atoms with Crippen LogP contribution in [0, 0.1) is 5.41 Å². The maximum atomic E-state index is 10.6. The average Bonchev–Trinajstić information content (AvgIpc) is 2.70. The summed E-state index contributed by atoms with van der Waals surface area (Å²) >= 11 is 6.02. The average molecular weight is 299 g/mol. The summed E-state index contributed by atoms with van der Waals surface area (Å²) in [7, 11) is 1.81. The number of amidine groups is 1. The first-order chi connectivity index (χ1) is 10.1. The third-order valence-electron chi connectivity index (χ3n) is 3.72. The first kappa shape index (κ1) is 13.7. The van der Waals surface area contributed by atoms with Crippen LogP contribution in [0.25, 0.3) is 5.57 Å². The van der Waals surface area contributed by atoms with E-state index in [1.807, 2.05) is 49.5 Å². The fourth-order valence-corrected chi connectivity index (χ4v) is 2.88. The second kappa shape index (κ2) is 5.26. The molecular formula is C17H15ClN2O. The maximum absolute atomic E-state index is 10.6. The van der Waals surface area contributed by atoms with Gasteiger partial charge in [0.05, 0.1) is 5.57 Å². The predicted octanol–water partition coefficient (Wildman–Crippen LogP) is 4.27. The van der Waals surface area contributed by atoms with E-state index in [1.54, 1.807) is 17.0 Å². The van der Waals surface area contributed by atoms with Crippen LogP contribution in [0.2, 0.25) is 5.02 Å². The van der Waals surface area contributed by atoms with E-state index >= 15 is 0 Å². The molecule has 1 unspecified atom stereocenters. The van der Waals surface area contributed by atoms with E-state index in [-0.39, 0.29) is 11.8 Å². The number of likely N-dealkylation sites (N-methyl/N-ethyl adjacent to an activating group) is 1. The minimum Gasteiger partial charge on any atom is -0.509 e. The normalized spacial score (nSPS) is 18.5. The Hall–Kier alpha value is -2.26. The highest BCUT2D eigenvalue weighted by atomic mass is 35.5. The van der Waals surface area contributed by atoms with Crippen LogP contribution >= 0.6 is 11.6 Å². The molecule has 106 valence electrons. The topological polar surface area (TPSA) is 47.3 Å². The van der Waals surface area contributed by atoms with Gasteiger partial charge >= 0.3 is 0 Å². The van der Waals surface area contributed by atoms with Crippen LogP contribution in [-0.4, -0.2) is 22.9 Å². The van der Waals surface area contributed by atoms with Gasteiger partial charge in [0, 0.05) is 12.1 Å². The summed E-state index contributed by atoms with van der Waals surface area (Å²) in [5.41, 5.74) is 2.25. The van der Waals surface area contributed by atoms with Gasteiger partial charge in [-0.15, -0.1) is 0 Å². The number of nitrogens with zero attached hydrogens (tertiary/aromatic N) is 1. The summed E-state index contributed by atoms with van der Waals surface area (Å²) < 4.78 is 0. The highest BCUT2D eigenvalue weighted by Gasteiger charge is 2.36. The van der Waals surface area contributed by atoms with Crippen molar-refractivity contribution in [1.82, 2.24) is 4.90 Å². The summed E-state index contributed by atoms with van der Waals surface area (Å²) in [6.07, 6.45) is 0. The molecule has 3 rings (SSSR count). The standard InChI is InChI=1S/C17H15ClN2O/c1-20-15(11-6-3-2-4-7-11)16(21)14(17(20)19)12-8-5-9-13(18)10-12/h2-10,15,19,21H,1H3. The van der Waals surface area contributed by atoms with Crippen molar-refractivity contribution in [3.63, 3.8) is 0 Å². The predicted molar refractivity (Wildman–Crippen MR) is 85.7 cm³/mol. The molecule has 2 aromatic carbocycles. The van der Waals surface area contributed by atoms with Gasteiger partial charge in [0.2, 0.25) is 0 Å². The van der Waals surface area contributed by atoms with Gasteiger partial charge in [0.15, 0.2) is 0 Å². The molecule has 21 heavy (non-hydrogen) atoms. The van der Waals surface area contributed by atoms with E-state index in [0.717, 1.165) is 11.1 Å². The summed E-state index contributed by atoms with van der Waals surface area (Å²) in [5.74, 6) is 0.486. The number of hydrogen-bond acceptors (Lipinski definition) is 2. The minimum atomic E-state index is -0.326. The fourth-order valence-electron chi connectivity index (χ4n) is 2.69. The van der Waals surface area contributed by atoms with Gasteiger partial charge in [0.25, 0.3) is 0 Å². The second-order valence-electron chi connectivity index (χ2n) is 5.04. The van der Waals surface area contributed by atoms with E-state index in [2.05, 4.69) is 0 Å². The third-order valence-corrected chi connectivity index (χ3v) is 3.96. The van der Waals surface area contributed by atoms with Gasteiger partial charge in [-0.3, -0.25) is 5.41 Å². The number of hydrogen-bond donors (Lipinski definition) is 2. The van der Waals surface area contributed by atoms with Crippen molar-refractivity contribution in [1.29, 1.82) is 5.41 Å². The van der Waals surface area contributed by atoms with Crippen molar-refractivity contribution in [3.8, 4) is 0 Å². The van der Waals surface area contributed by atoms with Crippen LogP contribution in [0.4, 0.5) is 0 Å². The van der Waals surface area contributed by atoms with Crippen molar-refractivity contribution < 1.29 is 5.11 Å². The van der Waals surface area contributed by atoms with Crippen LogP contribution in [0.15, 0.2) is 60.4 Å². The van der Waals surface area contributed by atoms with Crippen LogP contribution < -0.4 is 0 Å². The molecule has 0 aliphatic carbocycles. The molecule has 1 aliphatic heterocycles. The Labute approximate surface area is 128 Å². The van der Waals surface area contributed by atoms with Gasteiger partial charge < -0.3 is 10.0 Å². The van der Waals surface area contributed by atoms with Gasteiger partial charge in [-0.05, 0) is 23.3 Å². The maximum Gasteiger partial charge on any atom is 0.132 e. The quantitative estimate of drug-likeness (QED) is 0.869. The summed E-state index contributed by atoms with van der Waals surface area (Å²) in [6, 6.07) is 16.6. The molecule has 2 N–H and O–H groups in total. The summed E-state index contributed by atoms with van der Waals surface area (Å²) in [5, 5.41) is 19.5. The van der Waals surface area contributed by atoms with Crippen molar-refractivity contribution in [3.05, 3.63) is 76.5 Å². The Morgan fingerprint density at radius 2 is 1.81 bits per heavy atom. The molecule has 0 bridgehead atoms.